The van der Waals surface area contributed by atoms with E-state index in [9.17, 15) is 0 Å². The SMILES string of the molecule is CC1CCc2nc(C3CCCOC3)[nH]c2C1. The van der Waals surface area contributed by atoms with Crippen LogP contribution in [0.2, 0.25) is 0 Å². The number of aromatic amines is 1. The zero-order valence-electron chi connectivity index (χ0n) is 9.96. The number of H-pyrrole nitrogens is 1. The molecular weight excluding hydrogens is 200 g/mol. The molecule has 88 valence electrons. The first kappa shape index (κ1) is 10.3. The van der Waals surface area contributed by atoms with Gasteiger partial charge in [-0.2, -0.15) is 0 Å². The van der Waals surface area contributed by atoms with Gasteiger partial charge in [0.25, 0.3) is 0 Å². The number of nitrogens with zero attached hydrogens (tertiary/aromatic N) is 1. The lowest BCUT2D eigenvalue weighted by molar-refractivity contribution is 0.0782. The number of rotatable bonds is 1. The Labute approximate surface area is 96.6 Å². The van der Waals surface area contributed by atoms with Crippen LogP contribution in [0.1, 0.15) is 49.3 Å². The van der Waals surface area contributed by atoms with Crippen molar-refractivity contribution in [1.29, 1.82) is 0 Å². The third-order valence-corrected chi connectivity index (χ3v) is 3.86. The summed E-state index contributed by atoms with van der Waals surface area (Å²) in [4.78, 5) is 8.32. The van der Waals surface area contributed by atoms with Gasteiger partial charge in [-0.05, 0) is 38.0 Å². The predicted octanol–water partition coefficient (Wildman–Crippen LogP) is 2.43. The quantitative estimate of drug-likeness (QED) is 0.789. The minimum absolute atomic E-state index is 0.509. The molecule has 0 amide bonds. The van der Waals surface area contributed by atoms with Crippen LogP contribution in [0.15, 0.2) is 0 Å². The van der Waals surface area contributed by atoms with Crippen molar-refractivity contribution < 1.29 is 4.74 Å². The van der Waals surface area contributed by atoms with Crippen molar-refractivity contribution >= 4 is 0 Å². The number of fused-ring (bicyclic) bond motifs is 1. The number of aromatic nitrogens is 2. The molecule has 0 saturated carbocycles. The number of hydrogen-bond acceptors (Lipinski definition) is 2. The standard InChI is InChI=1S/C13H20N2O/c1-9-4-5-11-12(7-9)15-13(14-11)10-3-2-6-16-8-10/h9-10H,2-8H2,1H3,(H,14,15). The van der Waals surface area contributed by atoms with Crippen molar-refractivity contribution in [2.24, 2.45) is 5.92 Å². The van der Waals surface area contributed by atoms with Gasteiger partial charge < -0.3 is 9.72 Å². The van der Waals surface area contributed by atoms with Gasteiger partial charge in [-0.15, -0.1) is 0 Å². The molecule has 2 atom stereocenters. The molecule has 3 nitrogen and oxygen atoms in total. The lowest BCUT2D eigenvalue weighted by Crippen LogP contribution is -2.16. The molecule has 3 rings (SSSR count). The van der Waals surface area contributed by atoms with Crippen molar-refractivity contribution in [1.82, 2.24) is 9.97 Å². The zero-order valence-corrected chi connectivity index (χ0v) is 9.96. The molecule has 2 unspecified atom stereocenters. The molecule has 1 aliphatic carbocycles. The van der Waals surface area contributed by atoms with E-state index < -0.39 is 0 Å². The van der Waals surface area contributed by atoms with E-state index in [2.05, 4.69) is 11.9 Å². The molecule has 1 aromatic heterocycles. The second-order valence-electron chi connectivity index (χ2n) is 5.31. The molecule has 3 heteroatoms. The average Bonchev–Trinajstić information content (AvgIpc) is 2.73. The van der Waals surface area contributed by atoms with E-state index in [0.29, 0.717) is 5.92 Å². The van der Waals surface area contributed by atoms with Crippen molar-refractivity contribution in [3.63, 3.8) is 0 Å². The van der Waals surface area contributed by atoms with Crippen LogP contribution in [0.5, 0.6) is 0 Å². The number of imidazole rings is 1. The average molecular weight is 220 g/mol. The van der Waals surface area contributed by atoms with Gasteiger partial charge in [0.1, 0.15) is 5.82 Å². The number of aryl methyl sites for hydroxylation is 1. The van der Waals surface area contributed by atoms with E-state index in [1.807, 2.05) is 0 Å². The number of nitrogens with one attached hydrogen (secondary N) is 1. The fourth-order valence-electron chi connectivity index (χ4n) is 2.83. The van der Waals surface area contributed by atoms with Crippen molar-refractivity contribution in [3.05, 3.63) is 17.2 Å². The summed E-state index contributed by atoms with van der Waals surface area (Å²) in [7, 11) is 0. The van der Waals surface area contributed by atoms with Crippen molar-refractivity contribution in [3.8, 4) is 0 Å². The first-order valence-corrected chi connectivity index (χ1v) is 6.48. The summed E-state index contributed by atoms with van der Waals surface area (Å²) < 4.78 is 5.53. The highest BCUT2D eigenvalue weighted by atomic mass is 16.5. The van der Waals surface area contributed by atoms with Gasteiger partial charge in [-0.25, -0.2) is 4.98 Å². The first-order valence-electron chi connectivity index (χ1n) is 6.48. The fourth-order valence-corrected chi connectivity index (χ4v) is 2.83. The van der Waals surface area contributed by atoms with Crippen LogP contribution < -0.4 is 0 Å². The minimum atomic E-state index is 0.509. The number of hydrogen-bond donors (Lipinski definition) is 1. The predicted molar refractivity (Wildman–Crippen MR) is 62.6 cm³/mol. The summed E-state index contributed by atoms with van der Waals surface area (Å²) >= 11 is 0. The Bertz CT molecular complexity index is 366. The molecule has 1 aliphatic heterocycles. The first-order chi connectivity index (χ1) is 7.83. The second kappa shape index (κ2) is 4.21. The highest BCUT2D eigenvalue weighted by Crippen LogP contribution is 2.28. The van der Waals surface area contributed by atoms with Gasteiger partial charge in [0.05, 0.1) is 12.3 Å². The third kappa shape index (κ3) is 1.88. The molecule has 1 N–H and O–H groups in total. The van der Waals surface area contributed by atoms with E-state index in [4.69, 9.17) is 9.72 Å². The molecule has 1 saturated heterocycles. The van der Waals surface area contributed by atoms with Crippen LogP contribution in [0, 0.1) is 5.92 Å². The lowest BCUT2D eigenvalue weighted by Gasteiger charge is -2.19. The maximum absolute atomic E-state index is 5.53. The zero-order chi connectivity index (χ0) is 11.0. The normalized spacial score (nSPS) is 30.1. The summed E-state index contributed by atoms with van der Waals surface area (Å²) in [6, 6.07) is 0. The lowest BCUT2D eigenvalue weighted by atomic mass is 9.92. The molecule has 1 fully saturated rings. The van der Waals surface area contributed by atoms with Crippen molar-refractivity contribution in [2.75, 3.05) is 13.2 Å². The topological polar surface area (TPSA) is 37.9 Å². The Hall–Kier alpha value is -0.830. The Balaban J connectivity index is 1.80. The maximum atomic E-state index is 5.53. The van der Waals surface area contributed by atoms with Gasteiger partial charge in [0, 0.05) is 18.2 Å². The maximum Gasteiger partial charge on any atom is 0.112 e. The summed E-state index contributed by atoms with van der Waals surface area (Å²) in [5.74, 6) is 2.50. The van der Waals surface area contributed by atoms with Crippen molar-refractivity contribution in [2.45, 2.75) is 44.9 Å². The van der Waals surface area contributed by atoms with E-state index in [-0.39, 0.29) is 0 Å². The smallest absolute Gasteiger partial charge is 0.112 e. The number of ether oxygens (including phenoxy) is 1. The molecule has 2 aliphatic rings. The van der Waals surface area contributed by atoms with Crippen LogP contribution in [-0.4, -0.2) is 23.2 Å². The van der Waals surface area contributed by atoms with Gasteiger partial charge >= 0.3 is 0 Å². The Morgan fingerprint density at radius 2 is 2.31 bits per heavy atom. The highest BCUT2D eigenvalue weighted by Gasteiger charge is 2.24. The summed E-state index contributed by atoms with van der Waals surface area (Å²) in [6.45, 7) is 4.10. The van der Waals surface area contributed by atoms with Crippen LogP contribution in [0.3, 0.4) is 0 Å². The largest absolute Gasteiger partial charge is 0.381 e. The Morgan fingerprint density at radius 1 is 1.38 bits per heavy atom. The monoisotopic (exact) mass is 220 g/mol. The van der Waals surface area contributed by atoms with Crippen LogP contribution in [0.25, 0.3) is 0 Å². The molecule has 0 bridgehead atoms. The summed E-state index contributed by atoms with van der Waals surface area (Å²) in [6.07, 6.45) is 6.02. The fraction of sp³-hybridized carbons (Fsp3) is 0.769. The summed E-state index contributed by atoms with van der Waals surface area (Å²) in [5.41, 5.74) is 2.71. The molecule has 0 spiro atoms. The van der Waals surface area contributed by atoms with Crippen LogP contribution in [-0.2, 0) is 17.6 Å². The van der Waals surface area contributed by atoms with Gasteiger partial charge in [-0.3, -0.25) is 0 Å². The minimum Gasteiger partial charge on any atom is -0.381 e. The van der Waals surface area contributed by atoms with Crippen LogP contribution >= 0.6 is 0 Å². The van der Waals surface area contributed by atoms with E-state index >= 15 is 0 Å². The van der Waals surface area contributed by atoms with Gasteiger partial charge in [0.2, 0.25) is 0 Å². The third-order valence-electron chi connectivity index (χ3n) is 3.86. The Kier molecular flexibility index (Phi) is 2.72. The summed E-state index contributed by atoms with van der Waals surface area (Å²) in [5, 5.41) is 0. The van der Waals surface area contributed by atoms with Crippen LogP contribution in [0.4, 0.5) is 0 Å². The highest BCUT2D eigenvalue weighted by molar-refractivity contribution is 5.20. The van der Waals surface area contributed by atoms with Gasteiger partial charge in [0.15, 0.2) is 0 Å². The molecule has 16 heavy (non-hydrogen) atoms. The van der Waals surface area contributed by atoms with E-state index in [0.717, 1.165) is 25.6 Å². The Morgan fingerprint density at radius 3 is 3.12 bits per heavy atom. The molecule has 1 aromatic rings. The van der Waals surface area contributed by atoms with E-state index in [1.54, 1.807) is 0 Å². The van der Waals surface area contributed by atoms with Gasteiger partial charge in [-0.1, -0.05) is 6.92 Å². The molecule has 0 aromatic carbocycles. The molecule has 2 heterocycles. The van der Waals surface area contributed by atoms with E-state index in [1.165, 1.54) is 42.9 Å². The molecular formula is C13H20N2O. The molecule has 0 radical (unpaired) electrons. The second-order valence-corrected chi connectivity index (χ2v) is 5.31.